The van der Waals surface area contributed by atoms with Gasteiger partial charge in [-0.05, 0) is 24.6 Å². The van der Waals surface area contributed by atoms with E-state index in [-0.39, 0.29) is 11.1 Å². The topological polar surface area (TPSA) is 78.2 Å². The third-order valence-corrected chi connectivity index (χ3v) is 1.88. The first-order chi connectivity index (χ1) is 6.60. The minimum absolute atomic E-state index is 0.00481. The lowest BCUT2D eigenvalue weighted by molar-refractivity contribution is 0.0696. The largest absolute Gasteiger partial charge is 0.478 e. The third-order valence-electron chi connectivity index (χ3n) is 1.88. The molecule has 0 aliphatic rings. The highest BCUT2D eigenvalue weighted by Crippen LogP contribution is 2.14. The quantitative estimate of drug-likeness (QED) is 0.713. The second-order valence-electron chi connectivity index (χ2n) is 2.79. The predicted octanol–water partition coefficient (Wildman–Crippen LogP) is 1.38. The van der Waals surface area contributed by atoms with Crippen LogP contribution in [0.2, 0.25) is 0 Å². The van der Waals surface area contributed by atoms with E-state index in [1.165, 1.54) is 12.1 Å². The summed E-state index contributed by atoms with van der Waals surface area (Å²) in [6, 6.07) is 4.35. The van der Waals surface area contributed by atoms with Gasteiger partial charge < -0.3 is 5.11 Å². The lowest BCUT2D eigenvalue weighted by Gasteiger charge is -2.02. The Bertz CT molecular complexity index is 443. The molecular formula is C10H7NO3. The molecule has 0 amide bonds. The molecule has 0 radical (unpaired) electrons. The molecule has 0 saturated carbocycles. The van der Waals surface area contributed by atoms with Gasteiger partial charge in [-0.2, -0.15) is 5.26 Å². The van der Waals surface area contributed by atoms with Crippen molar-refractivity contribution in [2.24, 2.45) is 0 Å². The van der Waals surface area contributed by atoms with Gasteiger partial charge in [0.25, 0.3) is 0 Å². The average molecular weight is 189 g/mol. The number of carbonyl (C=O) groups is 2. The maximum Gasteiger partial charge on any atom is 0.337 e. The molecule has 0 aromatic heterocycles. The van der Waals surface area contributed by atoms with Crippen molar-refractivity contribution in [2.45, 2.75) is 6.92 Å². The summed E-state index contributed by atoms with van der Waals surface area (Å²) in [7, 11) is 0. The fraction of sp³-hybridized carbons (Fsp3) is 0.100. The van der Waals surface area contributed by atoms with Gasteiger partial charge in [-0.1, -0.05) is 0 Å². The Kier molecular flexibility index (Phi) is 2.63. The van der Waals surface area contributed by atoms with E-state index in [9.17, 15) is 9.59 Å². The molecule has 70 valence electrons. The van der Waals surface area contributed by atoms with Crippen molar-refractivity contribution in [1.29, 1.82) is 5.26 Å². The van der Waals surface area contributed by atoms with Crippen LogP contribution in [-0.4, -0.2) is 17.4 Å². The number of aldehydes is 1. The van der Waals surface area contributed by atoms with Crippen LogP contribution in [0.4, 0.5) is 0 Å². The first kappa shape index (κ1) is 9.93. The van der Waals surface area contributed by atoms with E-state index in [0.717, 1.165) is 0 Å². The van der Waals surface area contributed by atoms with Crippen molar-refractivity contribution in [3.63, 3.8) is 0 Å². The predicted molar refractivity (Wildman–Crippen MR) is 48.2 cm³/mol. The Hall–Kier alpha value is -2.15. The number of benzene rings is 1. The first-order valence-corrected chi connectivity index (χ1v) is 3.83. The standard InChI is InChI=1S/C10H7NO3/c1-6-2-9(10(13)14)7(4-11)3-8(6)5-12/h2-3,5H,1H3,(H,13,14). The Morgan fingerprint density at radius 1 is 1.57 bits per heavy atom. The number of nitriles is 1. The molecule has 0 atom stereocenters. The number of hydrogen-bond acceptors (Lipinski definition) is 3. The molecule has 0 aliphatic carbocycles. The molecule has 0 heterocycles. The smallest absolute Gasteiger partial charge is 0.337 e. The molecular weight excluding hydrogens is 182 g/mol. The van der Waals surface area contributed by atoms with Crippen LogP contribution in [-0.2, 0) is 0 Å². The van der Waals surface area contributed by atoms with Gasteiger partial charge in [0.2, 0.25) is 0 Å². The molecule has 1 N–H and O–H groups in total. The number of carboxylic acids is 1. The van der Waals surface area contributed by atoms with E-state index in [1.54, 1.807) is 13.0 Å². The van der Waals surface area contributed by atoms with Gasteiger partial charge in [-0.3, -0.25) is 4.79 Å². The van der Waals surface area contributed by atoms with Gasteiger partial charge in [-0.25, -0.2) is 4.79 Å². The summed E-state index contributed by atoms with van der Waals surface area (Å²) in [5.74, 6) is -1.16. The summed E-state index contributed by atoms with van der Waals surface area (Å²) in [6.07, 6.45) is 0.599. The maximum absolute atomic E-state index is 10.7. The van der Waals surface area contributed by atoms with Gasteiger partial charge in [0.15, 0.2) is 0 Å². The molecule has 0 bridgehead atoms. The lowest BCUT2D eigenvalue weighted by Crippen LogP contribution is -2.02. The number of hydrogen-bond donors (Lipinski definition) is 1. The summed E-state index contributed by atoms with van der Waals surface area (Å²) >= 11 is 0. The molecule has 1 aromatic carbocycles. The molecule has 0 aliphatic heterocycles. The molecule has 14 heavy (non-hydrogen) atoms. The number of carbonyl (C=O) groups excluding carboxylic acids is 1. The van der Waals surface area contributed by atoms with E-state index in [1.807, 2.05) is 0 Å². The number of nitrogens with zero attached hydrogens (tertiary/aromatic N) is 1. The Labute approximate surface area is 80.4 Å². The van der Waals surface area contributed by atoms with E-state index in [2.05, 4.69) is 0 Å². The van der Waals surface area contributed by atoms with E-state index < -0.39 is 5.97 Å². The van der Waals surface area contributed by atoms with Crippen LogP contribution in [0, 0.1) is 18.3 Å². The van der Waals surface area contributed by atoms with Gasteiger partial charge in [0, 0.05) is 5.56 Å². The number of rotatable bonds is 2. The van der Waals surface area contributed by atoms with Gasteiger partial charge in [-0.15, -0.1) is 0 Å². The first-order valence-electron chi connectivity index (χ1n) is 3.83. The highest BCUT2D eigenvalue weighted by atomic mass is 16.4. The van der Waals surface area contributed by atoms with Gasteiger partial charge in [0.1, 0.15) is 12.4 Å². The van der Waals surface area contributed by atoms with Crippen molar-refractivity contribution in [2.75, 3.05) is 0 Å². The van der Waals surface area contributed by atoms with Crippen LogP contribution in [0.1, 0.15) is 31.8 Å². The summed E-state index contributed by atoms with van der Waals surface area (Å²) in [5.41, 5.74) is 0.823. The number of aryl methyl sites for hydroxylation is 1. The third kappa shape index (κ3) is 1.62. The Balaban J connectivity index is 3.48. The Morgan fingerprint density at radius 3 is 2.64 bits per heavy atom. The van der Waals surface area contributed by atoms with Crippen LogP contribution in [0.3, 0.4) is 0 Å². The van der Waals surface area contributed by atoms with Crippen molar-refractivity contribution in [1.82, 2.24) is 0 Å². The molecule has 4 nitrogen and oxygen atoms in total. The Morgan fingerprint density at radius 2 is 2.21 bits per heavy atom. The zero-order valence-electron chi connectivity index (χ0n) is 7.44. The summed E-state index contributed by atoms with van der Waals surface area (Å²) in [4.78, 5) is 21.2. The van der Waals surface area contributed by atoms with Gasteiger partial charge in [0.05, 0.1) is 11.1 Å². The molecule has 0 saturated heterocycles. The highest BCUT2D eigenvalue weighted by molar-refractivity contribution is 5.92. The summed E-state index contributed by atoms with van der Waals surface area (Å²) in [6.45, 7) is 1.62. The second kappa shape index (κ2) is 3.71. The molecule has 1 rings (SSSR count). The van der Waals surface area contributed by atoms with Gasteiger partial charge >= 0.3 is 5.97 Å². The van der Waals surface area contributed by atoms with E-state index in [4.69, 9.17) is 10.4 Å². The summed E-state index contributed by atoms with van der Waals surface area (Å²) < 4.78 is 0. The van der Waals surface area contributed by atoms with E-state index >= 15 is 0 Å². The van der Waals surface area contributed by atoms with Crippen LogP contribution in [0.5, 0.6) is 0 Å². The van der Waals surface area contributed by atoms with Crippen LogP contribution in [0.25, 0.3) is 0 Å². The van der Waals surface area contributed by atoms with Crippen molar-refractivity contribution < 1.29 is 14.7 Å². The highest BCUT2D eigenvalue weighted by Gasteiger charge is 2.12. The van der Waals surface area contributed by atoms with Crippen molar-refractivity contribution >= 4 is 12.3 Å². The van der Waals surface area contributed by atoms with Crippen LogP contribution in [0.15, 0.2) is 12.1 Å². The molecule has 0 unspecified atom stereocenters. The molecule has 0 spiro atoms. The van der Waals surface area contributed by atoms with Crippen LogP contribution >= 0.6 is 0 Å². The SMILES string of the molecule is Cc1cc(C(=O)O)c(C#N)cc1C=O. The number of aromatic carboxylic acids is 1. The van der Waals surface area contributed by atoms with Crippen molar-refractivity contribution in [3.05, 3.63) is 34.4 Å². The monoisotopic (exact) mass is 189 g/mol. The normalized spacial score (nSPS) is 9.14. The zero-order valence-corrected chi connectivity index (χ0v) is 7.44. The van der Waals surface area contributed by atoms with Crippen molar-refractivity contribution in [3.8, 4) is 6.07 Å². The van der Waals surface area contributed by atoms with E-state index in [0.29, 0.717) is 17.4 Å². The number of carboxylic acid groups (broad SMARTS) is 1. The zero-order chi connectivity index (χ0) is 10.7. The molecule has 4 heteroatoms. The fourth-order valence-corrected chi connectivity index (χ4v) is 1.12. The lowest BCUT2D eigenvalue weighted by atomic mass is 10.0. The molecule has 1 aromatic rings. The second-order valence-corrected chi connectivity index (χ2v) is 2.79. The fourth-order valence-electron chi connectivity index (χ4n) is 1.12. The minimum Gasteiger partial charge on any atom is -0.478 e. The van der Waals surface area contributed by atoms with Crippen LogP contribution < -0.4 is 0 Å². The molecule has 0 fully saturated rings. The summed E-state index contributed by atoms with van der Waals surface area (Å²) in [5, 5.41) is 17.4. The maximum atomic E-state index is 10.7. The minimum atomic E-state index is -1.16. The average Bonchev–Trinajstić information content (AvgIpc) is 2.17.